The van der Waals surface area contributed by atoms with Gasteiger partial charge in [-0.25, -0.2) is 0 Å². The van der Waals surface area contributed by atoms with Gasteiger partial charge in [-0.2, -0.15) is 0 Å². The van der Waals surface area contributed by atoms with Gasteiger partial charge in [-0.15, -0.1) is 0 Å². The first-order valence-corrected chi connectivity index (χ1v) is 11.7. The molecular weight excluding hydrogens is 418 g/mol. The van der Waals surface area contributed by atoms with Crippen molar-refractivity contribution >= 4 is 17.4 Å². The summed E-state index contributed by atoms with van der Waals surface area (Å²) in [5.74, 6) is -0.766. The second-order valence-electron chi connectivity index (χ2n) is 8.03. The first-order valence-electron chi connectivity index (χ1n) is 11.7. The lowest BCUT2D eigenvalue weighted by Crippen LogP contribution is -2.38. The van der Waals surface area contributed by atoms with Crippen molar-refractivity contribution in [2.24, 2.45) is 0 Å². The number of likely N-dealkylation sites (tertiary alicyclic amines) is 1. The number of aliphatic hydroxyl groups excluding tert-OH is 1. The molecule has 33 heavy (non-hydrogen) atoms. The summed E-state index contributed by atoms with van der Waals surface area (Å²) in [6, 6.07) is 9.85. The summed E-state index contributed by atoms with van der Waals surface area (Å²) in [5.41, 5.74) is 1.25. The maximum Gasteiger partial charge on any atom is 0.295 e. The van der Waals surface area contributed by atoms with Gasteiger partial charge in [0.1, 0.15) is 11.5 Å². The van der Waals surface area contributed by atoms with Crippen LogP contribution in [0.2, 0.25) is 0 Å². The fraction of sp³-hybridized carbons (Fsp3) is 0.423. The van der Waals surface area contributed by atoms with E-state index in [-0.39, 0.29) is 11.3 Å². The Morgan fingerprint density at radius 1 is 1.12 bits per heavy atom. The third-order valence-corrected chi connectivity index (χ3v) is 5.99. The molecule has 0 spiro atoms. The molecule has 1 aromatic carbocycles. The van der Waals surface area contributed by atoms with E-state index in [2.05, 4.69) is 30.7 Å². The van der Waals surface area contributed by atoms with Crippen LogP contribution in [0.4, 0.5) is 0 Å². The van der Waals surface area contributed by atoms with E-state index in [0.717, 1.165) is 25.9 Å². The van der Waals surface area contributed by atoms with E-state index in [1.807, 2.05) is 6.07 Å². The average molecular weight is 452 g/mol. The molecule has 2 aromatic rings. The van der Waals surface area contributed by atoms with E-state index < -0.39 is 17.7 Å². The number of nitrogens with zero attached hydrogens (tertiary/aromatic N) is 3. The zero-order chi connectivity index (χ0) is 23.8. The number of ether oxygens (including phenoxy) is 1. The number of amides is 1. The highest BCUT2D eigenvalue weighted by atomic mass is 16.5. The van der Waals surface area contributed by atoms with Crippen LogP contribution in [0.3, 0.4) is 0 Å². The smallest absolute Gasteiger partial charge is 0.295 e. The van der Waals surface area contributed by atoms with E-state index in [1.165, 1.54) is 0 Å². The van der Waals surface area contributed by atoms with Crippen molar-refractivity contribution in [3.63, 3.8) is 0 Å². The first kappa shape index (κ1) is 24.5. The number of ketones is 1. The maximum absolute atomic E-state index is 13.1. The van der Waals surface area contributed by atoms with Gasteiger partial charge in [0.05, 0.1) is 18.2 Å². The average Bonchev–Trinajstić information content (AvgIpc) is 3.10. The molecule has 176 valence electrons. The molecule has 1 N–H and O–H groups in total. The summed E-state index contributed by atoms with van der Waals surface area (Å²) in [6.45, 7) is 9.57. The molecule has 1 aliphatic rings. The van der Waals surface area contributed by atoms with Crippen LogP contribution in [0.25, 0.3) is 5.76 Å². The van der Waals surface area contributed by atoms with Crippen LogP contribution in [0, 0.1) is 0 Å². The van der Waals surface area contributed by atoms with Gasteiger partial charge >= 0.3 is 0 Å². The molecule has 0 saturated carbocycles. The van der Waals surface area contributed by atoms with Crippen molar-refractivity contribution in [3.05, 3.63) is 65.5 Å². The van der Waals surface area contributed by atoms with Crippen LogP contribution in [-0.2, 0) is 9.59 Å². The van der Waals surface area contributed by atoms with Crippen molar-refractivity contribution in [1.82, 2.24) is 14.8 Å². The maximum atomic E-state index is 13.1. The second-order valence-corrected chi connectivity index (χ2v) is 8.03. The van der Waals surface area contributed by atoms with E-state index in [1.54, 1.807) is 47.6 Å². The molecule has 1 fully saturated rings. The highest BCUT2D eigenvalue weighted by Gasteiger charge is 2.46. The fourth-order valence-corrected chi connectivity index (χ4v) is 3.98. The van der Waals surface area contributed by atoms with Crippen molar-refractivity contribution in [2.75, 3.05) is 32.8 Å². The predicted molar refractivity (Wildman–Crippen MR) is 128 cm³/mol. The van der Waals surface area contributed by atoms with E-state index in [9.17, 15) is 14.7 Å². The molecule has 1 amide bonds. The minimum Gasteiger partial charge on any atom is -0.507 e. The summed E-state index contributed by atoms with van der Waals surface area (Å²) in [4.78, 5) is 34.0. The number of unbranched alkanes of at least 4 members (excludes halogenated alkanes) is 1. The normalized spacial score (nSPS) is 17.7. The summed E-state index contributed by atoms with van der Waals surface area (Å²) < 4.78 is 5.69. The van der Waals surface area contributed by atoms with Crippen LogP contribution < -0.4 is 4.74 Å². The molecule has 7 heteroatoms. The van der Waals surface area contributed by atoms with E-state index in [0.29, 0.717) is 36.6 Å². The topological polar surface area (TPSA) is 83.0 Å². The molecule has 2 heterocycles. The molecule has 0 unspecified atom stereocenters. The Labute approximate surface area is 195 Å². The Bertz CT molecular complexity index is 969. The zero-order valence-electron chi connectivity index (χ0n) is 19.7. The Morgan fingerprint density at radius 3 is 2.45 bits per heavy atom. The summed E-state index contributed by atoms with van der Waals surface area (Å²) in [6.07, 6.45) is 5.28. The van der Waals surface area contributed by atoms with Gasteiger partial charge in [0, 0.05) is 31.0 Å². The molecule has 0 radical (unpaired) electrons. The molecule has 0 bridgehead atoms. The predicted octanol–water partition coefficient (Wildman–Crippen LogP) is 4.02. The third-order valence-electron chi connectivity index (χ3n) is 5.99. The highest BCUT2D eigenvalue weighted by Crippen LogP contribution is 2.39. The number of aromatic nitrogens is 1. The van der Waals surface area contributed by atoms with E-state index >= 15 is 0 Å². The van der Waals surface area contributed by atoms with Crippen LogP contribution >= 0.6 is 0 Å². The SMILES string of the molecule is CCCCOc1ccc(C(O)=C2C(=O)C(=O)N(CCN(CC)CC)[C@H]2c2cccnc2)cc1. The number of benzene rings is 1. The monoisotopic (exact) mass is 451 g/mol. The number of pyridine rings is 1. The van der Waals surface area contributed by atoms with Gasteiger partial charge in [-0.05, 0) is 55.4 Å². The number of likely N-dealkylation sites (N-methyl/N-ethyl adjacent to an activating group) is 1. The van der Waals surface area contributed by atoms with Crippen molar-refractivity contribution < 1.29 is 19.4 Å². The standard InChI is InChI=1S/C26H33N3O4/c1-4-7-17-33-21-12-10-19(11-13-21)24(30)22-23(20-9-8-14-27-18-20)29(26(32)25(22)31)16-15-28(5-2)6-3/h8-14,18,23,30H,4-7,15-17H2,1-3H3/t23-/m0/s1. The molecule has 3 rings (SSSR count). The first-order chi connectivity index (χ1) is 16.0. The van der Waals surface area contributed by atoms with Gasteiger partial charge in [0.15, 0.2) is 0 Å². The molecule has 1 atom stereocenters. The minimum atomic E-state index is -0.685. The number of hydrogen-bond donors (Lipinski definition) is 1. The van der Waals surface area contributed by atoms with E-state index in [4.69, 9.17) is 4.74 Å². The Balaban J connectivity index is 1.96. The molecular formula is C26H33N3O4. The lowest BCUT2D eigenvalue weighted by Gasteiger charge is -2.28. The fourth-order valence-electron chi connectivity index (χ4n) is 3.98. The van der Waals surface area contributed by atoms with Crippen LogP contribution in [0.15, 0.2) is 54.4 Å². The number of carbonyl (C=O) groups is 2. The van der Waals surface area contributed by atoms with Gasteiger partial charge < -0.3 is 19.6 Å². The number of hydrogen-bond acceptors (Lipinski definition) is 6. The number of carbonyl (C=O) groups excluding carboxylic acids is 2. The summed E-state index contributed by atoms with van der Waals surface area (Å²) in [7, 11) is 0. The second kappa shape index (κ2) is 11.6. The lowest BCUT2D eigenvalue weighted by molar-refractivity contribution is -0.140. The van der Waals surface area contributed by atoms with Gasteiger partial charge in [0.2, 0.25) is 0 Å². The largest absolute Gasteiger partial charge is 0.507 e. The molecule has 1 aromatic heterocycles. The van der Waals surface area contributed by atoms with Gasteiger partial charge in [0.25, 0.3) is 11.7 Å². The Hall–Kier alpha value is -3.19. The summed E-state index contributed by atoms with van der Waals surface area (Å²) >= 11 is 0. The Morgan fingerprint density at radius 2 is 1.85 bits per heavy atom. The molecule has 1 saturated heterocycles. The van der Waals surface area contributed by atoms with Crippen LogP contribution in [0.1, 0.15) is 50.8 Å². The van der Waals surface area contributed by atoms with Crippen molar-refractivity contribution in [2.45, 2.75) is 39.7 Å². The number of rotatable bonds is 11. The van der Waals surface area contributed by atoms with Gasteiger partial charge in [-0.3, -0.25) is 14.6 Å². The quantitative estimate of drug-likeness (QED) is 0.240. The zero-order valence-corrected chi connectivity index (χ0v) is 19.7. The number of Topliss-reactive ketones (excluding diaryl/α,β-unsaturated/α-hetero) is 1. The lowest BCUT2D eigenvalue weighted by atomic mass is 9.96. The molecule has 7 nitrogen and oxygen atoms in total. The van der Waals surface area contributed by atoms with Crippen molar-refractivity contribution in [1.29, 1.82) is 0 Å². The van der Waals surface area contributed by atoms with Crippen molar-refractivity contribution in [3.8, 4) is 5.75 Å². The molecule has 1 aliphatic heterocycles. The van der Waals surface area contributed by atoms with Gasteiger partial charge in [-0.1, -0.05) is 33.3 Å². The van der Waals surface area contributed by atoms with Crippen LogP contribution in [0.5, 0.6) is 5.75 Å². The molecule has 0 aliphatic carbocycles. The highest BCUT2D eigenvalue weighted by molar-refractivity contribution is 6.46. The minimum absolute atomic E-state index is 0.0900. The third kappa shape index (κ3) is 5.60. The summed E-state index contributed by atoms with van der Waals surface area (Å²) in [5, 5.41) is 11.1. The number of aliphatic hydroxyl groups is 1. The Kier molecular flexibility index (Phi) is 8.60. The van der Waals surface area contributed by atoms with Crippen LogP contribution in [-0.4, -0.2) is 64.4 Å².